The largest absolute Gasteiger partial charge is 0.494 e. The topological polar surface area (TPSA) is 96.0 Å². The second-order valence-corrected chi connectivity index (χ2v) is 14.0. The van der Waals surface area contributed by atoms with Crippen LogP contribution in [0.25, 0.3) is 0 Å². The molecule has 0 aliphatic heterocycles. The van der Waals surface area contributed by atoms with E-state index < -0.39 is 34.3 Å². The van der Waals surface area contributed by atoms with Gasteiger partial charge in [0.15, 0.2) is 0 Å². The molecule has 0 radical (unpaired) electrons. The van der Waals surface area contributed by atoms with E-state index in [1.165, 1.54) is 29.2 Å². The van der Waals surface area contributed by atoms with E-state index >= 15 is 0 Å². The fourth-order valence-corrected chi connectivity index (χ4v) is 7.48. The van der Waals surface area contributed by atoms with E-state index in [0.29, 0.717) is 12.4 Å². The molecule has 5 rings (SSSR count). The van der Waals surface area contributed by atoms with Crippen LogP contribution < -0.4 is 14.4 Å². The number of halogens is 1. The minimum Gasteiger partial charge on any atom is -0.494 e. The van der Waals surface area contributed by atoms with Gasteiger partial charge in [0.2, 0.25) is 11.8 Å². The predicted octanol–water partition coefficient (Wildman–Crippen LogP) is 6.43. The maximum atomic E-state index is 14.6. The third-order valence-electron chi connectivity index (χ3n) is 8.52. The molecule has 4 aromatic carbocycles. The lowest BCUT2D eigenvalue weighted by Crippen LogP contribution is -2.54. The Labute approximate surface area is 282 Å². The third-order valence-corrected chi connectivity index (χ3v) is 10.3. The highest BCUT2D eigenvalue weighted by Crippen LogP contribution is 2.27. The molecule has 48 heavy (non-hydrogen) atoms. The molecule has 252 valence electrons. The Morgan fingerprint density at radius 1 is 0.896 bits per heavy atom. The van der Waals surface area contributed by atoms with Gasteiger partial charge in [-0.05, 0) is 86.3 Å². The van der Waals surface area contributed by atoms with Gasteiger partial charge in [-0.15, -0.1) is 0 Å². The predicted molar refractivity (Wildman–Crippen MR) is 185 cm³/mol. The van der Waals surface area contributed by atoms with Gasteiger partial charge in [-0.1, -0.05) is 73.0 Å². The van der Waals surface area contributed by atoms with Crippen molar-refractivity contribution >= 4 is 27.5 Å². The van der Waals surface area contributed by atoms with Crippen LogP contribution in [0.5, 0.6) is 5.75 Å². The molecule has 0 saturated heterocycles. The number of hydrogen-bond acceptors (Lipinski definition) is 5. The molecule has 0 heterocycles. The molecule has 2 amide bonds. The second kappa shape index (κ2) is 15.9. The summed E-state index contributed by atoms with van der Waals surface area (Å²) >= 11 is 0. The maximum absolute atomic E-state index is 14.6. The summed E-state index contributed by atoms with van der Waals surface area (Å²) < 4.78 is 48.9. The Bertz CT molecular complexity index is 1780. The fraction of sp³-hybridized carbons (Fsp3) is 0.316. The first kappa shape index (κ1) is 34.6. The van der Waals surface area contributed by atoms with Crippen LogP contribution in [0.1, 0.15) is 49.3 Å². The molecule has 0 aromatic heterocycles. The summed E-state index contributed by atoms with van der Waals surface area (Å²) in [5.41, 5.74) is 2.77. The van der Waals surface area contributed by atoms with Crippen molar-refractivity contribution in [1.82, 2.24) is 10.2 Å². The molecule has 1 atom stereocenters. The van der Waals surface area contributed by atoms with E-state index in [-0.39, 0.29) is 35.5 Å². The van der Waals surface area contributed by atoms with Crippen molar-refractivity contribution in [1.29, 1.82) is 0 Å². The monoisotopic (exact) mass is 671 g/mol. The third kappa shape index (κ3) is 8.80. The van der Waals surface area contributed by atoms with Gasteiger partial charge >= 0.3 is 0 Å². The molecule has 0 spiro atoms. The smallest absolute Gasteiger partial charge is 0.264 e. The average molecular weight is 672 g/mol. The highest BCUT2D eigenvalue weighted by atomic mass is 32.2. The number of sulfonamides is 1. The van der Waals surface area contributed by atoms with Crippen LogP contribution in [0, 0.1) is 12.7 Å². The second-order valence-electron chi connectivity index (χ2n) is 12.1. The van der Waals surface area contributed by atoms with E-state index in [2.05, 4.69) is 5.32 Å². The summed E-state index contributed by atoms with van der Waals surface area (Å²) in [4.78, 5) is 30.2. The number of carbonyl (C=O) groups excluding carboxylic acids is 2. The molecule has 1 saturated carbocycles. The zero-order valence-electron chi connectivity index (χ0n) is 27.3. The minimum atomic E-state index is -4.32. The lowest BCUT2D eigenvalue weighted by molar-refractivity contribution is -0.140. The lowest BCUT2D eigenvalue weighted by Gasteiger charge is -2.34. The van der Waals surface area contributed by atoms with Crippen LogP contribution in [0.2, 0.25) is 0 Å². The van der Waals surface area contributed by atoms with E-state index in [1.807, 2.05) is 68.4 Å². The molecule has 1 fully saturated rings. The Morgan fingerprint density at radius 3 is 2.21 bits per heavy atom. The van der Waals surface area contributed by atoms with Crippen molar-refractivity contribution in [3.63, 3.8) is 0 Å². The number of aryl methyl sites for hydroxylation is 1. The van der Waals surface area contributed by atoms with Gasteiger partial charge in [-0.3, -0.25) is 13.9 Å². The molecule has 1 aliphatic rings. The van der Waals surface area contributed by atoms with Crippen molar-refractivity contribution < 1.29 is 27.1 Å². The number of amides is 2. The van der Waals surface area contributed by atoms with Crippen LogP contribution in [-0.4, -0.2) is 50.4 Å². The van der Waals surface area contributed by atoms with Gasteiger partial charge in [0, 0.05) is 19.0 Å². The lowest BCUT2D eigenvalue weighted by atomic mass is 10.0. The van der Waals surface area contributed by atoms with E-state index in [1.54, 1.807) is 12.1 Å². The summed E-state index contributed by atoms with van der Waals surface area (Å²) in [6, 6.07) is 27.1. The standard InChI is InChI=1S/C38H42FN3O5S/c1-3-47-34-20-22-35(23-21-34)48(45,46)42(33-18-16-31(39)17-19-33)27-37(43)41(26-30-13-9-10-28(2)24-30)36(25-29-11-5-4-6-12-29)38(44)40-32-14-7-8-15-32/h4-6,9-13,16-24,32,36H,3,7-8,14-15,25-27H2,1-2H3,(H,40,44)/t36-/m0/s1. The first-order valence-corrected chi connectivity index (χ1v) is 17.8. The molecule has 1 aliphatic carbocycles. The van der Waals surface area contributed by atoms with Crippen LogP contribution in [-0.2, 0) is 32.6 Å². The van der Waals surface area contributed by atoms with Crippen LogP contribution in [0.15, 0.2) is 108 Å². The van der Waals surface area contributed by atoms with Crippen LogP contribution in [0.3, 0.4) is 0 Å². The Balaban J connectivity index is 1.55. The quantitative estimate of drug-likeness (QED) is 0.167. The van der Waals surface area contributed by atoms with Gasteiger partial charge in [-0.2, -0.15) is 0 Å². The first-order chi connectivity index (χ1) is 23.1. The van der Waals surface area contributed by atoms with Crippen molar-refractivity contribution in [2.75, 3.05) is 17.5 Å². The number of nitrogens with zero attached hydrogens (tertiary/aromatic N) is 2. The van der Waals surface area contributed by atoms with Crippen molar-refractivity contribution in [3.8, 4) is 5.75 Å². The maximum Gasteiger partial charge on any atom is 0.264 e. The van der Waals surface area contributed by atoms with E-state index in [0.717, 1.165) is 58.8 Å². The van der Waals surface area contributed by atoms with Gasteiger partial charge in [-0.25, -0.2) is 12.8 Å². The van der Waals surface area contributed by atoms with Gasteiger partial charge in [0.05, 0.1) is 17.2 Å². The molecule has 4 aromatic rings. The molecular formula is C38H42FN3O5S. The highest BCUT2D eigenvalue weighted by Gasteiger charge is 2.35. The summed E-state index contributed by atoms with van der Waals surface area (Å²) in [6.45, 7) is 3.65. The number of nitrogens with one attached hydrogen (secondary N) is 1. The fourth-order valence-electron chi connectivity index (χ4n) is 6.07. The van der Waals surface area contributed by atoms with Crippen molar-refractivity contribution in [3.05, 3.63) is 126 Å². The van der Waals surface area contributed by atoms with Crippen molar-refractivity contribution in [2.24, 2.45) is 0 Å². The Hall–Kier alpha value is -4.70. The summed E-state index contributed by atoms with van der Waals surface area (Å²) in [5.74, 6) is -0.898. The highest BCUT2D eigenvalue weighted by molar-refractivity contribution is 7.92. The number of carbonyl (C=O) groups is 2. The number of rotatable bonds is 14. The normalized spacial score (nSPS) is 13.9. The molecule has 1 N–H and O–H groups in total. The summed E-state index contributed by atoms with van der Waals surface area (Å²) in [5, 5.41) is 3.18. The summed E-state index contributed by atoms with van der Waals surface area (Å²) in [7, 11) is -4.32. The molecule has 10 heteroatoms. The van der Waals surface area contributed by atoms with Gasteiger partial charge in [0.1, 0.15) is 24.2 Å². The van der Waals surface area contributed by atoms with Gasteiger partial charge < -0.3 is 15.0 Å². The first-order valence-electron chi connectivity index (χ1n) is 16.3. The zero-order chi connectivity index (χ0) is 34.1. The van der Waals surface area contributed by atoms with Gasteiger partial charge in [0.25, 0.3) is 10.0 Å². The number of ether oxygens (including phenoxy) is 1. The number of hydrogen-bond donors (Lipinski definition) is 1. The molecule has 0 bridgehead atoms. The average Bonchev–Trinajstić information content (AvgIpc) is 3.59. The van der Waals surface area contributed by atoms with E-state index in [4.69, 9.17) is 4.74 Å². The summed E-state index contributed by atoms with van der Waals surface area (Å²) in [6.07, 6.45) is 4.02. The SMILES string of the molecule is CCOc1ccc(S(=O)(=O)N(CC(=O)N(Cc2cccc(C)c2)[C@@H](Cc2ccccc2)C(=O)NC2CCCC2)c2ccc(F)cc2)cc1. The Morgan fingerprint density at radius 2 is 1.56 bits per heavy atom. The van der Waals surface area contributed by atoms with Crippen LogP contribution >= 0.6 is 0 Å². The van der Waals surface area contributed by atoms with Crippen molar-refractivity contribution in [2.45, 2.75) is 69.5 Å². The minimum absolute atomic E-state index is 0.0162. The zero-order valence-corrected chi connectivity index (χ0v) is 28.2. The van der Waals surface area contributed by atoms with E-state index in [9.17, 15) is 22.4 Å². The molecule has 0 unspecified atom stereocenters. The number of anilines is 1. The molecular weight excluding hydrogens is 629 g/mol. The number of benzene rings is 4. The Kier molecular flexibility index (Phi) is 11.5. The molecule has 8 nitrogen and oxygen atoms in total. The van der Waals surface area contributed by atoms with Crippen LogP contribution in [0.4, 0.5) is 10.1 Å².